The Morgan fingerprint density at radius 1 is 1.23 bits per heavy atom. The number of nitrogens with zero attached hydrogens (tertiary/aromatic N) is 1. The van der Waals surface area contributed by atoms with Gasteiger partial charge in [-0.05, 0) is 37.1 Å². The number of ketones is 1. The summed E-state index contributed by atoms with van der Waals surface area (Å²) in [6.07, 6.45) is 5.98. The van der Waals surface area contributed by atoms with Crippen LogP contribution in [0.1, 0.15) is 42.6 Å². The number of hydrogen-bond donors (Lipinski definition) is 4. The summed E-state index contributed by atoms with van der Waals surface area (Å²) in [6.45, 7) is 0. The zero-order valence-corrected chi connectivity index (χ0v) is 14.5. The summed E-state index contributed by atoms with van der Waals surface area (Å²) in [7, 11) is 0. The summed E-state index contributed by atoms with van der Waals surface area (Å²) >= 11 is 0. The number of unbranched alkanes of at least 4 members (excludes halogenated alkanes) is 2. The zero-order valence-electron chi connectivity index (χ0n) is 14.5. The van der Waals surface area contributed by atoms with Crippen molar-refractivity contribution >= 4 is 23.4 Å². The van der Waals surface area contributed by atoms with Crippen molar-refractivity contribution in [1.82, 2.24) is 5.16 Å². The van der Waals surface area contributed by atoms with Crippen molar-refractivity contribution in [3.8, 4) is 0 Å². The molecular weight excluding hydrogens is 337 g/mol. The topological polar surface area (TPSA) is 143 Å². The van der Waals surface area contributed by atoms with E-state index < -0.39 is 0 Å². The Bertz CT molecular complexity index is 665. The van der Waals surface area contributed by atoms with Crippen molar-refractivity contribution in [3.05, 3.63) is 48.1 Å². The van der Waals surface area contributed by atoms with Gasteiger partial charge in [0, 0.05) is 30.4 Å². The molecule has 2 aromatic rings. The lowest BCUT2D eigenvalue weighted by atomic mass is 10.0. The van der Waals surface area contributed by atoms with Crippen LogP contribution >= 0.6 is 0 Å². The molecule has 1 aromatic heterocycles. The molecule has 0 aliphatic heterocycles. The number of hydrogen-bond acceptors (Lipinski definition) is 7. The summed E-state index contributed by atoms with van der Waals surface area (Å²) in [5.74, 6) is -0.264. The smallest absolute Gasteiger partial charge is 0.184 e. The van der Waals surface area contributed by atoms with Gasteiger partial charge < -0.3 is 26.8 Å². The second-order valence-corrected chi connectivity index (χ2v) is 5.66. The fraction of sp³-hybridized carbons (Fsp3) is 0.333. The number of nitrogens with two attached hydrogens (primary N) is 2. The summed E-state index contributed by atoms with van der Waals surface area (Å²) < 4.78 is 16.6. The number of rotatable bonds is 9. The Hall–Kier alpha value is -2.87. The lowest BCUT2D eigenvalue weighted by Gasteiger charge is -2.08. The summed E-state index contributed by atoms with van der Waals surface area (Å²) in [5.41, 5.74) is 12.1. The average molecular weight is 361 g/mol. The Morgan fingerprint density at radius 3 is 2.46 bits per heavy atom. The largest absolute Gasteiger partial charge is 0.399 e. The number of carbonyl (C=O) groups excluding carboxylic acids is 1. The molecule has 0 aliphatic rings. The summed E-state index contributed by atoms with van der Waals surface area (Å²) in [5, 5.41) is 17.8. The first-order valence-electron chi connectivity index (χ1n) is 8.23. The first kappa shape index (κ1) is 21.2. The number of halogens is 1. The minimum Gasteiger partial charge on any atom is -0.399 e. The van der Waals surface area contributed by atoms with Crippen LogP contribution in [0, 0.1) is 16.6 Å². The van der Waals surface area contributed by atoms with Crippen molar-refractivity contribution in [2.45, 2.75) is 38.1 Å². The van der Waals surface area contributed by atoms with E-state index in [4.69, 9.17) is 22.3 Å². The maximum absolute atomic E-state index is 12.0. The van der Waals surface area contributed by atoms with Crippen LogP contribution in [-0.2, 0) is 0 Å². The fourth-order valence-electron chi connectivity index (χ4n) is 2.04. The Morgan fingerprint density at radius 2 is 1.92 bits per heavy atom. The minimum absolute atomic E-state index is 0.0136. The van der Waals surface area contributed by atoms with E-state index in [1.54, 1.807) is 6.07 Å². The van der Waals surface area contributed by atoms with Gasteiger partial charge in [-0.15, -0.1) is 0 Å². The van der Waals surface area contributed by atoms with E-state index in [1.807, 2.05) is 0 Å². The second-order valence-electron chi connectivity index (χ2n) is 5.66. The molecule has 0 fully saturated rings. The number of anilines is 1. The van der Waals surface area contributed by atoms with Gasteiger partial charge in [0.1, 0.15) is 17.8 Å². The highest BCUT2D eigenvalue weighted by Crippen LogP contribution is 2.09. The normalized spacial score (nSPS) is 11.2. The predicted octanol–water partition coefficient (Wildman–Crippen LogP) is 3.21. The molecule has 140 valence electrons. The zero-order chi connectivity index (χ0) is 19.4. The van der Waals surface area contributed by atoms with Crippen LogP contribution in [0.3, 0.4) is 0 Å². The molecular formula is C18H24FN5O2. The third-order valence-corrected chi connectivity index (χ3v) is 3.57. The summed E-state index contributed by atoms with van der Waals surface area (Å²) in [6, 6.07) is 6.90. The molecule has 2 rings (SSSR count). The molecule has 0 saturated heterocycles. The lowest BCUT2D eigenvalue weighted by Crippen LogP contribution is -2.30. The van der Waals surface area contributed by atoms with Crippen LogP contribution in [-0.4, -0.2) is 28.9 Å². The van der Waals surface area contributed by atoms with E-state index in [2.05, 4.69) is 9.68 Å². The molecule has 0 amide bonds. The van der Waals surface area contributed by atoms with Crippen molar-refractivity contribution < 1.29 is 13.7 Å². The number of nitrogens with one attached hydrogen (secondary N) is 2. The van der Waals surface area contributed by atoms with Crippen LogP contribution < -0.4 is 11.5 Å². The van der Waals surface area contributed by atoms with Crippen molar-refractivity contribution in [3.63, 3.8) is 0 Å². The van der Waals surface area contributed by atoms with Crippen molar-refractivity contribution in [2.75, 3.05) is 5.73 Å². The Labute approximate surface area is 151 Å². The average Bonchev–Trinajstić information content (AvgIpc) is 3.18. The molecule has 0 aliphatic carbocycles. The van der Waals surface area contributed by atoms with Crippen LogP contribution in [0.25, 0.3) is 0 Å². The molecule has 0 saturated carbocycles. The first-order valence-corrected chi connectivity index (χ1v) is 8.23. The van der Waals surface area contributed by atoms with Crippen LogP contribution in [0.15, 0.2) is 41.1 Å². The third kappa shape index (κ3) is 8.29. The highest BCUT2D eigenvalue weighted by atomic mass is 19.1. The van der Waals surface area contributed by atoms with E-state index in [1.165, 1.54) is 30.5 Å². The number of benzene rings is 1. The van der Waals surface area contributed by atoms with Gasteiger partial charge in [-0.1, -0.05) is 18.0 Å². The number of Topliss-reactive ketones (excluding diaryl/α,β-unsaturated/α-hetero) is 1. The Kier molecular flexibility index (Phi) is 9.48. The van der Waals surface area contributed by atoms with E-state index >= 15 is 0 Å². The maximum atomic E-state index is 12.0. The number of aromatic nitrogens is 1. The number of nitrogen functional groups attached to an aromatic ring is 1. The van der Waals surface area contributed by atoms with Gasteiger partial charge in [-0.25, -0.2) is 4.39 Å². The standard InChI is InChI=1S/C12H18N4O2.C6H6FN/c13-8-10(15)9(14)4-2-1-3-5-12(17)11-6-7-18-16-11;7-5-1-3-6(8)4-2-5/h6-9,13,15H,1-5,14H2;1-4H,8H2. The van der Waals surface area contributed by atoms with Crippen molar-refractivity contribution in [2.24, 2.45) is 5.73 Å². The monoisotopic (exact) mass is 361 g/mol. The molecule has 0 radical (unpaired) electrons. The SMILES string of the molecule is N=CC(=N)C(N)CCCCCC(=O)c1ccon1.Nc1ccc(F)cc1. The fourth-order valence-corrected chi connectivity index (χ4v) is 2.04. The van der Waals surface area contributed by atoms with Gasteiger partial charge in [0.05, 0.1) is 5.71 Å². The summed E-state index contributed by atoms with van der Waals surface area (Å²) in [4.78, 5) is 11.5. The van der Waals surface area contributed by atoms with Crippen LogP contribution in [0.2, 0.25) is 0 Å². The van der Waals surface area contributed by atoms with Gasteiger partial charge in [0.2, 0.25) is 0 Å². The molecule has 0 bridgehead atoms. The predicted molar refractivity (Wildman–Crippen MR) is 99.2 cm³/mol. The van der Waals surface area contributed by atoms with E-state index in [0.29, 0.717) is 24.2 Å². The second kappa shape index (κ2) is 11.6. The third-order valence-electron chi connectivity index (χ3n) is 3.57. The quantitative estimate of drug-likeness (QED) is 0.235. The Balaban J connectivity index is 0.000000350. The minimum atomic E-state index is -0.367. The first-order chi connectivity index (χ1) is 12.4. The molecule has 1 atom stereocenters. The molecule has 1 aromatic carbocycles. The molecule has 1 unspecified atom stereocenters. The molecule has 26 heavy (non-hydrogen) atoms. The lowest BCUT2D eigenvalue weighted by molar-refractivity contribution is 0.0970. The van der Waals surface area contributed by atoms with Crippen molar-refractivity contribution in [1.29, 1.82) is 10.8 Å². The highest BCUT2D eigenvalue weighted by molar-refractivity contribution is 6.30. The molecule has 0 spiro atoms. The van der Waals surface area contributed by atoms with Crippen LogP contribution in [0.4, 0.5) is 10.1 Å². The van der Waals surface area contributed by atoms with Gasteiger partial charge in [0.15, 0.2) is 5.78 Å². The maximum Gasteiger partial charge on any atom is 0.184 e. The van der Waals surface area contributed by atoms with Gasteiger partial charge in [-0.3, -0.25) is 4.79 Å². The van der Waals surface area contributed by atoms with E-state index in [9.17, 15) is 9.18 Å². The molecule has 1 heterocycles. The highest BCUT2D eigenvalue weighted by Gasteiger charge is 2.09. The molecule has 8 heteroatoms. The van der Waals surface area contributed by atoms with Gasteiger partial charge >= 0.3 is 0 Å². The van der Waals surface area contributed by atoms with E-state index in [-0.39, 0.29) is 23.4 Å². The molecule has 6 N–H and O–H groups in total. The van der Waals surface area contributed by atoms with Crippen LogP contribution in [0.5, 0.6) is 0 Å². The van der Waals surface area contributed by atoms with E-state index in [0.717, 1.165) is 25.5 Å². The van der Waals surface area contributed by atoms with Gasteiger partial charge in [-0.2, -0.15) is 0 Å². The number of carbonyl (C=O) groups is 1. The molecule has 7 nitrogen and oxygen atoms in total. The van der Waals surface area contributed by atoms with Gasteiger partial charge in [0.25, 0.3) is 0 Å².